The van der Waals surface area contributed by atoms with E-state index in [9.17, 15) is 5.11 Å². The molecule has 0 saturated heterocycles. The molecule has 0 aromatic heterocycles. The monoisotopic (exact) mass is 361 g/mol. The molecular weight excluding hydrogens is 345 g/mol. The number of benzene rings is 1. The SMILES string of the molecule is CCCCC(O)C1=Cc2ccccc2SN1I. The van der Waals surface area contributed by atoms with E-state index in [0.717, 1.165) is 25.0 Å². The van der Waals surface area contributed by atoms with Crippen molar-refractivity contribution in [3.63, 3.8) is 0 Å². The minimum Gasteiger partial charge on any atom is -0.387 e. The van der Waals surface area contributed by atoms with E-state index in [2.05, 4.69) is 48.0 Å². The fourth-order valence-corrected chi connectivity index (χ4v) is 3.71. The number of unbranched alkanes of at least 4 members (excludes halogenated alkanes) is 1. The summed E-state index contributed by atoms with van der Waals surface area (Å²) < 4.78 is 2.04. The van der Waals surface area contributed by atoms with Gasteiger partial charge < -0.3 is 5.11 Å². The van der Waals surface area contributed by atoms with Crippen LogP contribution in [0.4, 0.5) is 0 Å². The van der Waals surface area contributed by atoms with Gasteiger partial charge in [0.15, 0.2) is 0 Å². The number of hydrogen-bond acceptors (Lipinski definition) is 3. The van der Waals surface area contributed by atoms with Crippen molar-refractivity contribution >= 4 is 40.9 Å². The first-order valence-corrected chi connectivity index (χ1v) is 7.58. The molecule has 0 amide bonds. The first kappa shape index (κ1) is 13.2. The molecule has 0 saturated carbocycles. The van der Waals surface area contributed by atoms with E-state index in [1.807, 2.05) is 14.7 Å². The van der Waals surface area contributed by atoms with Crippen LogP contribution in [0.25, 0.3) is 6.08 Å². The van der Waals surface area contributed by atoms with Crippen LogP contribution in [0.15, 0.2) is 34.9 Å². The number of aliphatic hydroxyl groups is 1. The summed E-state index contributed by atoms with van der Waals surface area (Å²) in [4.78, 5) is 1.24. The van der Waals surface area contributed by atoms with Crippen molar-refractivity contribution in [3.8, 4) is 0 Å². The molecule has 1 heterocycles. The minimum absolute atomic E-state index is 0.354. The van der Waals surface area contributed by atoms with Crippen LogP contribution in [-0.2, 0) is 0 Å². The van der Waals surface area contributed by atoms with Gasteiger partial charge in [0, 0.05) is 4.90 Å². The van der Waals surface area contributed by atoms with Crippen molar-refractivity contribution in [1.82, 2.24) is 2.52 Å². The van der Waals surface area contributed by atoms with Crippen LogP contribution in [0, 0.1) is 0 Å². The number of nitrogens with zero attached hydrogens (tertiary/aromatic N) is 1. The molecule has 1 aliphatic heterocycles. The molecule has 0 fully saturated rings. The molecule has 0 radical (unpaired) electrons. The highest BCUT2D eigenvalue weighted by molar-refractivity contribution is 14.1. The van der Waals surface area contributed by atoms with E-state index >= 15 is 0 Å². The standard InChI is InChI=1S/C13H16INOS/c1-2-3-7-12(16)11-9-10-6-4-5-8-13(10)17-15(11)14/h4-6,8-9,12,16H,2-3,7H2,1H3. The molecule has 4 heteroatoms. The van der Waals surface area contributed by atoms with Crippen LogP contribution >= 0.6 is 34.8 Å². The molecule has 2 nitrogen and oxygen atoms in total. The summed E-state index contributed by atoms with van der Waals surface area (Å²) in [7, 11) is 0. The molecule has 1 aromatic rings. The summed E-state index contributed by atoms with van der Waals surface area (Å²) in [6.07, 6.45) is 4.76. The Morgan fingerprint density at radius 1 is 1.41 bits per heavy atom. The molecule has 0 spiro atoms. The zero-order valence-corrected chi connectivity index (χ0v) is 12.7. The fourth-order valence-electron chi connectivity index (χ4n) is 1.79. The number of aliphatic hydroxyl groups excluding tert-OH is 1. The highest BCUT2D eigenvalue weighted by Crippen LogP contribution is 2.40. The Bertz CT molecular complexity index is 422. The summed E-state index contributed by atoms with van der Waals surface area (Å²) in [6.45, 7) is 2.15. The van der Waals surface area contributed by atoms with Gasteiger partial charge in [0.05, 0.1) is 34.7 Å². The summed E-state index contributed by atoms with van der Waals surface area (Å²) in [5.41, 5.74) is 2.21. The van der Waals surface area contributed by atoms with E-state index in [-0.39, 0.29) is 6.10 Å². The maximum atomic E-state index is 10.2. The third-order valence-corrected chi connectivity index (χ3v) is 4.86. The van der Waals surface area contributed by atoms with Gasteiger partial charge in [0.2, 0.25) is 0 Å². The third-order valence-electron chi connectivity index (χ3n) is 2.78. The van der Waals surface area contributed by atoms with Gasteiger partial charge in [-0.3, -0.25) is 2.52 Å². The zero-order valence-electron chi connectivity index (χ0n) is 9.77. The van der Waals surface area contributed by atoms with Crippen molar-refractivity contribution in [1.29, 1.82) is 0 Å². The summed E-state index contributed by atoms with van der Waals surface area (Å²) in [5.74, 6) is 0. The van der Waals surface area contributed by atoms with Crippen LogP contribution in [0.3, 0.4) is 0 Å². The van der Waals surface area contributed by atoms with Crippen molar-refractivity contribution in [2.75, 3.05) is 0 Å². The van der Waals surface area contributed by atoms with E-state index in [0.29, 0.717) is 0 Å². The average molecular weight is 361 g/mol. The predicted octanol–water partition coefficient (Wildman–Crippen LogP) is 4.25. The van der Waals surface area contributed by atoms with Gasteiger partial charge in [-0.05, 0) is 36.1 Å². The Morgan fingerprint density at radius 3 is 2.94 bits per heavy atom. The minimum atomic E-state index is -0.354. The molecule has 1 aliphatic rings. The Morgan fingerprint density at radius 2 is 2.18 bits per heavy atom. The Balaban J connectivity index is 2.20. The lowest BCUT2D eigenvalue weighted by Gasteiger charge is -2.27. The second-order valence-corrected chi connectivity index (χ2v) is 6.71. The van der Waals surface area contributed by atoms with Gasteiger partial charge in [-0.1, -0.05) is 38.0 Å². The van der Waals surface area contributed by atoms with Crippen molar-refractivity contribution in [2.24, 2.45) is 0 Å². The molecular formula is C13H16INOS. The zero-order chi connectivity index (χ0) is 12.3. The lowest BCUT2D eigenvalue weighted by atomic mass is 10.1. The highest BCUT2D eigenvalue weighted by Gasteiger charge is 2.22. The first-order chi connectivity index (χ1) is 8.22. The third kappa shape index (κ3) is 3.17. The molecule has 1 N–H and O–H groups in total. The van der Waals surface area contributed by atoms with Crippen molar-refractivity contribution < 1.29 is 5.11 Å². The number of fused-ring (bicyclic) bond motifs is 1. The van der Waals surface area contributed by atoms with Gasteiger partial charge in [-0.25, -0.2) is 0 Å². The average Bonchev–Trinajstić information content (AvgIpc) is 2.35. The van der Waals surface area contributed by atoms with Crippen molar-refractivity contribution in [2.45, 2.75) is 37.2 Å². The predicted molar refractivity (Wildman–Crippen MR) is 81.7 cm³/mol. The molecule has 0 aliphatic carbocycles. The van der Waals surface area contributed by atoms with Crippen LogP contribution < -0.4 is 0 Å². The summed E-state index contributed by atoms with van der Waals surface area (Å²) in [6, 6.07) is 8.29. The first-order valence-electron chi connectivity index (χ1n) is 5.85. The van der Waals surface area contributed by atoms with Crippen LogP contribution in [0.5, 0.6) is 0 Å². The number of halogens is 1. The smallest absolute Gasteiger partial charge is 0.0954 e. The fraction of sp³-hybridized carbons (Fsp3) is 0.385. The van der Waals surface area contributed by atoms with Crippen LogP contribution in [0.1, 0.15) is 31.7 Å². The topological polar surface area (TPSA) is 23.5 Å². The van der Waals surface area contributed by atoms with E-state index < -0.39 is 0 Å². The lowest BCUT2D eigenvalue weighted by Crippen LogP contribution is -2.20. The number of hydrogen-bond donors (Lipinski definition) is 1. The Labute approximate surface area is 121 Å². The normalized spacial score (nSPS) is 16.4. The second kappa shape index (κ2) is 6.11. The maximum Gasteiger partial charge on any atom is 0.0954 e. The Kier molecular flexibility index (Phi) is 4.76. The van der Waals surface area contributed by atoms with E-state index in [1.54, 1.807) is 11.9 Å². The molecule has 0 bridgehead atoms. The van der Waals surface area contributed by atoms with Gasteiger partial charge in [0.25, 0.3) is 0 Å². The largest absolute Gasteiger partial charge is 0.387 e. The van der Waals surface area contributed by atoms with Gasteiger partial charge in [-0.2, -0.15) is 0 Å². The molecule has 1 aromatic carbocycles. The van der Waals surface area contributed by atoms with Crippen molar-refractivity contribution in [3.05, 3.63) is 35.5 Å². The molecule has 1 atom stereocenters. The Hall–Kier alpha value is -0.200. The quantitative estimate of drug-likeness (QED) is 0.493. The molecule has 17 heavy (non-hydrogen) atoms. The maximum absolute atomic E-state index is 10.2. The van der Waals surface area contributed by atoms with Gasteiger partial charge in [0.1, 0.15) is 0 Å². The molecule has 92 valence electrons. The molecule has 2 rings (SSSR count). The van der Waals surface area contributed by atoms with Gasteiger partial charge in [-0.15, -0.1) is 0 Å². The van der Waals surface area contributed by atoms with Crippen LogP contribution in [0.2, 0.25) is 0 Å². The second-order valence-electron chi connectivity index (χ2n) is 4.10. The van der Waals surface area contributed by atoms with Crippen LogP contribution in [-0.4, -0.2) is 13.7 Å². The lowest BCUT2D eigenvalue weighted by molar-refractivity contribution is 0.188. The van der Waals surface area contributed by atoms with E-state index in [4.69, 9.17) is 0 Å². The molecule has 1 unspecified atom stereocenters. The van der Waals surface area contributed by atoms with E-state index in [1.165, 1.54) is 10.5 Å². The number of rotatable bonds is 4. The summed E-state index contributed by atoms with van der Waals surface area (Å²) >= 11 is 3.92. The summed E-state index contributed by atoms with van der Waals surface area (Å²) in [5, 5.41) is 10.2. The van der Waals surface area contributed by atoms with Gasteiger partial charge >= 0.3 is 0 Å². The highest BCUT2D eigenvalue weighted by atomic mass is 127.